The predicted molar refractivity (Wildman–Crippen MR) is 65.0 cm³/mol. The van der Waals surface area contributed by atoms with Crippen molar-refractivity contribution in [3.63, 3.8) is 0 Å². The molecular formula is C12H18N2O3. The Hall–Kier alpha value is -1.75. The topological polar surface area (TPSA) is 70.6 Å². The molecular weight excluding hydrogens is 220 g/mol. The molecule has 0 saturated heterocycles. The van der Waals surface area contributed by atoms with Crippen molar-refractivity contribution in [1.82, 2.24) is 10.6 Å². The first-order chi connectivity index (χ1) is 8.10. The molecule has 1 unspecified atom stereocenters. The molecule has 94 valence electrons. The lowest BCUT2D eigenvalue weighted by atomic mass is 10.1. The van der Waals surface area contributed by atoms with Gasteiger partial charge in [-0.25, -0.2) is 0 Å². The fourth-order valence-electron chi connectivity index (χ4n) is 1.45. The molecule has 1 aromatic carbocycles. The molecule has 0 heterocycles. The van der Waals surface area contributed by atoms with E-state index in [1.54, 1.807) is 32.2 Å². The van der Waals surface area contributed by atoms with Crippen molar-refractivity contribution in [3.8, 4) is 11.5 Å². The smallest absolute Gasteiger partial charge is 0.236 e. The number of hydrogen-bond acceptors (Lipinski definition) is 4. The predicted octanol–water partition coefficient (Wildman–Crippen LogP) is 0.625. The third-order valence-corrected chi connectivity index (χ3v) is 2.54. The monoisotopic (exact) mass is 238 g/mol. The van der Waals surface area contributed by atoms with Crippen molar-refractivity contribution in [2.75, 3.05) is 14.2 Å². The van der Waals surface area contributed by atoms with Crippen LogP contribution in [0.1, 0.15) is 12.5 Å². The maximum atomic E-state index is 11.3. The number of methoxy groups -OCH3 is 1. The van der Waals surface area contributed by atoms with Crippen molar-refractivity contribution in [1.29, 1.82) is 0 Å². The summed E-state index contributed by atoms with van der Waals surface area (Å²) in [4.78, 5) is 11.3. The van der Waals surface area contributed by atoms with Gasteiger partial charge in [0, 0.05) is 19.2 Å². The summed E-state index contributed by atoms with van der Waals surface area (Å²) in [6.45, 7) is 2.16. The minimum Gasteiger partial charge on any atom is -0.504 e. The number of benzene rings is 1. The lowest BCUT2D eigenvalue weighted by Crippen LogP contribution is -2.40. The average Bonchev–Trinajstić information content (AvgIpc) is 2.36. The highest BCUT2D eigenvalue weighted by molar-refractivity contribution is 5.80. The fraction of sp³-hybridized carbons (Fsp3) is 0.417. The minimum absolute atomic E-state index is 0.0904. The molecule has 0 saturated carbocycles. The van der Waals surface area contributed by atoms with Crippen LogP contribution >= 0.6 is 0 Å². The van der Waals surface area contributed by atoms with Crippen LogP contribution < -0.4 is 15.4 Å². The molecule has 1 atom stereocenters. The molecule has 5 nitrogen and oxygen atoms in total. The molecule has 0 aromatic heterocycles. The van der Waals surface area contributed by atoms with Crippen LogP contribution in [-0.4, -0.2) is 31.2 Å². The fourth-order valence-corrected chi connectivity index (χ4v) is 1.45. The second kappa shape index (κ2) is 6.10. The summed E-state index contributed by atoms with van der Waals surface area (Å²) in [5.74, 6) is 0.441. The van der Waals surface area contributed by atoms with E-state index >= 15 is 0 Å². The highest BCUT2D eigenvalue weighted by atomic mass is 16.5. The first kappa shape index (κ1) is 13.3. The molecule has 0 spiro atoms. The van der Waals surface area contributed by atoms with E-state index in [-0.39, 0.29) is 17.7 Å². The number of nitrogens with one attached hydrogen (secondary N) is 2. The van der Waals surface area contributed by atoms with Crippen LogP contribution in [0.3, 0.4) is 0 Å². The van der Waals surface area contributed by atoms with Crippen molar-refractivity contribution in [2.24, 2.45) is 0 Å². The molecule has 1 rings (SSSR count). The van der Waals surface area contributed by atoms with E-state index in [1.807, 2.05) is 0 Å². The number of para-hydroxylation sites is 1. The van der Waals surface area contributed by atoms with Gasteiger partial charge >= 0.3 is 0 Å². The Kier molecular flexibility index (Phi) is 4.78. The Balaban J connectivity index is 2.66. The number of likely N-dealkylation sites (N-methyl/N-ethyl adjacent to an activating group) is 1. The van der Waals surface area contributed by atoms with Gasteiger partial charge in [-0.2, -0.15) is 0 Å². The van der Waals surface area contributed by atoms with Gasteiger partial charge in [0.1, 0.15) is 0 Å². The zero-order valence-electron chi connectivity index (χ0n) is 10.3. The second-order valence-corrected chi connectivity index (χ2v) is 3.68. The van der Waals surface area contributed by atoms with Gasteiger partial charge in [-0.05, 0) is 13.0 Å². The summed E-state index contributed by atoms with van der Waals surface area (Å²) in [6.07, 6.45) is 0. The van der Waals surface area contributed by atoms with Crippen LogP contribution in [0.4, 0.5) is 0 Å². The number of phenols is 1. The highest BCUT2D eigenvalue weighted by Crippen LogP contribution is 2.29. The van der Waals surface area contributed by atoms with Gasteiger partial charge in [0.25, 0.3) is 0 Å². The largest absolute Gasteiger partial charge is 0.504 e. The van der Waals surface area contributed by atoms with E-state index in [4.69, 9.17) is 4.74 Å². The molecule has 0 bridgehead atoms. The normalized spacial score (nSPS) is 11.9. The van der Waals surface area contributed by atoms with Gasteiger partial charge < -0.3 is 20.5 Å². The molecule has 3 N–H and O–H groups in total. The van der Waals surface area contributed by atoms with E-state index in [9.17, 15) is 9.90 Å². The number of carbonyl (C=O) groups excluding carboxylic acids is 1. The number of phenolic OH excluding ortho intramolecular Hbond substituents is 1. The number of carbonyl (C=O) groups is 1. The summed E-state index contributed by atoms with van der Waals surface area (Å²) >= 11 is 0. The minimum atomic E-state index is -0.314. The second-order valence-electron chi connectivity index (χ2n) is 3.68. The summed E-state index contributed by atoms with van der Waals surface area (Å²) in [5, 5.41) is 15.4. The lowest BCUT2D eigenvalue weighted by Gasteiger charge is -2.14. The first-order valence-electron chi connectivity index (χ1n) is 5.40. The molecule has 0 fully saturated rings. The van der Waals surface area contributed by atoms with Crippen molar-refractivity contribution in [2.45, 2.75) is 19.5 Å². The average molecular weight is 238 g/mol. The van der Waals surface area contributed by atoms with Crippen LogP contribution in [0.15, 0.2) is 18.2 Å². The third-order valence-electron chi connectivity index (χ3n) is 2.54. The van der Waals surface area contributed by atoms with Crippen LogP contribution in [0, 0.1) is 0 Å². The Morgan fingerprint density at radius 2 is 2.24 bits per heavy atom. The number of ether oxygens (including phenoxy) is 1. The van der Waals surface area contributed by atoms with Crippen LogP contribution in [0.25, 0.3) is 0 Å². The maximum Gasteiger partial charge on any atom is 0.236 e. The number of amides is 1. The van der Waals surface area contributed by atoms with Crippen molar-refractivity contribution < 1.29 is 14.6 Å². The lowest BCUT2D eigenvalue weighted by molar-refractivity contribution is -0.122. The van der Waals surface area contributed by atoms with Crippen LogP contribution in [-0.2, 0) is 11.3 Å². The SMILES string of the molecule is CNC(=O)C(C)NCc1cccc(OC)c1O. The van der Waals surface area contributed by atoms with Crippen LogP contribution in [0.2, 0.25) is 0 Å². The van der Waals surface area contributed by atoms with Gasteiger partial charge in [0.2, 0.25) is 5.91 Å². The number of rotatable bonds is 5. The van der Waals surface area contributed by atoms with Gasteiger partial charge in [-0.15, -0.1) is 0 Å². The summed E-state index contributed by atoms with van der Waals surface area (Å²) in [5.41, 5.74) is 0.695. The van der Waals surface area contributed by atoms with Crippen LogP contribution in [0.5, 0.6) is 11.5 Å². The molecule has 0 radical (unpaired) electrons. The summed E-state index contributed by atoms with van der Waals surface area (Å²) in [7, 11) is 3.09. The molecule has 17 heavy (non-hydrogen) atoms. The zero-order valence-corrected chi connectivity index (χ0v) is 10.3. The van der Waals surface area contributed by atoms with Crippen molar-refractivity contribution >= 4 is 5.91 Å². The van der Waals surface area contributed by atoms with E-state index < -0.39 is 0 Å². The molecule has 1 aromatic rings. The Morgan fingerprint density at radius 1 is 1.53 bits per heavy atom. The molecule has 0 aliphatic rings. The van der Waals surface area contributed by atoms with Gasteiger partial charge in [0.05, 0.1) is 13.2 Å². The van der Waals surface area contributed by atoms with E-state index in [2.05, 4.69) is 10.6 Å². The van der Waals surface area contributed by atoms with Crippen molar-refractivity contribution in [3.05, 3.63) is 23.8 Å². The molecule has 0 aliphatic carbocycles. The Labute approximate surface area is 101 Å². The standard InChI is InChI=1S/C12H18N2O3/c1-8(12(16)13-2)14-7-9-5-4-6-10(17-3)11(9)15/h4-6,8,14-15H,7H2,1-3H3,(H,13,16). The Morgan fingerprint density at radius 3 is 2.82 bits per heavy atom. The quantitative estimate of drug-likeness (QED) is 0.703. The molecule has 0 aliphatic heterocycles. The van der Waals surface area contributed by atoms with E-state index in [0.29, 0.717) is 17.9 Å². The zero-order chi connectivity index (χ0) is 12.8. The number of hydrogen-bond donors (Lipinski definition) is 3. The van der Waals surface area contributed by atoms with Gasteiger partial charge in [0.15, 0.2) is 11.5 Å². The first-order valence-corrected chi connectivity index (χ1v) is 5.40. The maximum absolute atomic E-state index is 11.3. The summed E-state index contributed by atoms with van der Waals surface area (Å²) < 4.78 is 5.00. The summed E-state index contributed by atoms with van der Waals surface area (Å²) in [6, 6.07) is 4.94. The highest BCUT2D eigenvalue weighted by Gasteiger charge is 2.12. The number of aromatic hydroxyl groups is 1. The van der Waals surface area contributed by atoms with Gasteiger partial charge in [-0.1, -0.05) is 12.1 Å². The Bertz CT molecular complexity index is 393. The third kappa shape index (κ3) is 3.35. The molecule has 5 heteroatoms. The van der Waals surface area contributed by atoms with Gasteiger partial charge in [-0.3, -0.25) is 4.79 Å². The van der Waals surface area contributed by atoms with E-state index in [0.717, 1.165) is 0 Å². The molecule has 1 amide bonds. The van der Waals surface area contributed by atoms with E-state index in [1.165, 1.54) is 7.11 Å².